The Balaban J connectivity index is 1.84. The number of nitrogens with zero attached hydrogens (tertiary/aromatic N) is 2. The first kappa shape index (κ1) is 13.4. The van der Waals surface area contributed by atoms with Crippen LogP contribution in [0.1, 0.15) is 39.4 Å². The molecule has 5 nitrogen and oxygen atoms in total. The molecule has 108 valence electrons. The first-order valence-corrected chi connectivity index (χ1v) is 6.94. The molecule has 21 heavy (non-hydrogen) atoms. The summed E-state index contributed by atoms with van der Waals surface area (Å²) in [6.45, 7) is 3.51. The third kappa shape index (κ3) is 2.31. The van der Waals surface area contributed by atoms with Crippen molar-refractivity contribution in [3.8, 4) is 0 Å². The normalized spacial score (nSPS) is 17.4. The summed E-state index contributed by atoms with van der Waals surface area (Å²) in [7, 11) is 0. The summed E-state index contributed by atoms with van der Waals surface area (Å²) in [5.74, 6) is -0.510. The third-order valence-corrected chi connectivity index (χ3v) is 4.02. The first-order valence-electron chi connectivity index (χ1n) is 6.94. The Kier molecular flexibility index (Phi) is 3.25. The van der Waals surface area contributed by atoms with E-state index in [9.17, 15) is 9.59 Å². The molecule has 2 N–H and O–H groups in total. The second-order valence-corrected chi connectivity index (χ2v) is 5.24. The van der Waals surface area contributed by atoms with Crippen LogP contribution in [0, 0.1) is 0 Å². The van der Waals surface area contributed by atoms with Crippen LogP contribution in [-0.2, 0) is 6.54 Å². The van der Waals surface area contributed by atoms with Gasteiger partial charge in [0, 0.05) is 36.1 Å². The molecule has 0 saturated carbocycles. The molecule has 2 amide bonds. The summed E-state index contributed by atoms with van der Waals surface area (Å²) in [5, 5.41) is 0. The smallest absolute Gasteiger partial charge is 0.254 e. The zero-order valence-corrected chi connectivity index (χ0v) is 11.8. The van der Waals surface area contributed by atoms with Crippen LogP contribution in [-0.4, -0.2) is 27.8 Å². The average Bonchev–Trinajstić information content (AvgIpc) is 2.96. The lowest BCUT2D eigenvalue weighted by atomic mass is 10.1. The summed E-state index contributed by atoms with van der Waals surface area (Å²) in [6.07, 6.45) is 2.04. The second-order valence-electron chi connectivity index (χ2n) is 5.24. The molecule has 1 unspecified atom stereocenters. The van der Waals surface area contributed by atoms with Crippen molar-refractivity contribution < 1.29 is 9.59 Å². The van der Waals surface area contributed by atoms with Gasteiger partial charge in [0.25, 0.3) is 5.91 Å². The molecule has 2 heterocycles. The van der Waals surface area contributed by atoms with Crippen LogP contribution in [0.4, 0.5) is 0 Å². The number of nitrogens with two attached hydrogens (primary N) is 1. The first-order chi connectivity index (χ1) is 10.1. The highest BCUT2D eigenvalue weighted by atomic mass is 16.2. The Bertz CT molecular complexity index is 688. The van der Waals surface area contributed by atoms with Gasteiger partial charge in [0.15, 0.2) is 0 Å². The van der Waals surface area contributed by atoms with Crippen molar-refractivity contribution >= 4 is 11.8 Å². The number of hydrogen-bond donors (Lipinski definition) is 1. The van der Waals surface area contributed by atoms with Crippen LogP contribution in [0.2, 0.25) is 0 Å². The monoisotopic (exact) mass is 283 g/mol. The van der Waals surface area contributed by atoms with E-state index in [4.69, 9.17) is 5.73 Å². The summed E-state index contributed by atoms with van der Waals surface area (Å²) >= 11 is 0. The predicted octanol–water partition coefficient (Wildman–Crippen LogP) is 1.80. The average molecular weight is 283 g/mol. The van der Waals surface area contributed by atoms with Crippen molar-refractivity contribution in [1.29, 1.82) is 0 Å². The molecule has 1 aliphatic heterocycles. The fraction of sp³-hybridized carbons (Fsp3) is 0.250. The van der Waals surface area contributed by atoms with E-state index in [1.54, 1.807) is 24.3 Å². The van der Waals surface area contributed by atoms with Crippen molar-refractivity contribution in [2.75, 3.05) is 6.54 Å². The van der Waals surface area contributed by atoms with Gasteiger partial charge < -0.3 is 15.2 Å². The molecular weight excluding hydrogens is 266 g/mol. The Labute approximate surface area is 123 Å². The van der Waals surface area contributed by atoms with Gasteiger partial charge in [0.1, 0.15) is 0 Å². The van der Waals surface area contributed by atoms with Gasteiger partial charge in [-0.15, -0.1) is 0 Å². The Hall–Kier alpha value is -2.56. The van der Waals surface area contributed by atoms with Crippen LogP contribution in [0.3, 0.4) is 0 Å². The number of aromatic nitrogens is 1. The number of rotatable bonds is 2. The van der Waals surface area contributed by atoms with Gasteiger partial charge in [0.2, 0.25) is 5.91 Å². The van der Waals surface area contributed by atoms with E-state index in [0.29, 0.717) is 17.7 Å². The molecule has 0 spiro atoms. The predicted molar refractivity (Wildman–Crippen MR) is 78.8 cm³/mol. The fourth-order valence-corrected chi connectivity index (χ4v) is 2.80. The molecule has 1 atom stereocenters. The minimum Gasteiger partial charge on any atom is -0.366 e. The fourth-order valence-electron chi connectivity index (χ4n) is 2.80. The number of fused-ring (bicyclic) bond motifs is 1. The van der Waals surface area contributed by atoms with Crippen molar-refractivity contribution in [2.45, 2.75) is 19.5 Å². The van der Waals surface area contributed by atoms with Crippen LogP contribution >= 0.6 is 0 Å². The number of primary amides is 1. The van der Waals surface area contributed by atoms with E-state index in [2.05, 4.69) is 4.57 Å². The quantitative estimate of drug-likeness (QED) is 0.913. The number of benzene rings is 1. The molecule has 3 rings (SSSR count). The lowest BCUT2D eigenvalue weighted by Gasteiger charge is -2.35. The van der Waals surface area contributed by atoms with E-state index >= 15 is 0 Å². The molecule has 1 aliphatic rings. The largest absolute Gasteiger partial charge is 0.366 e. The lowest BCUT2D eigenvalue weighted by molar-refractivity contribution is 0.0643. The lowest BCUT2D eigenvalue weighted by Crippen LogP contribution is -2.40. The number of carbonyl (C=O) groups excluding carboxylic acids is 2. The SMILES string of the molecule is CC1c2cccn2CCN1C(=O)c1ccc(C(N)=O)cc1. The highest BCUT2D eigenvalue weighted by Crippen LogP contribution is 2.26. The topological polar surface area (TPSA) is 68.3 Å². The molecule has 0 radical (unpaired) electrons. The molecule has 0 saturated heterocycles. The molecule has 2 aromatic rings. The Morgan fingerprint density at radius 2 is 1.76 bits per heavy atom. The van der Waals surface area contributed by atoms with Crippen molar-refractivity contribution in [2.24, 2.45) is 5.73 Å². The minimum atomic E-state index is -0.488. The van der Waals surface area contributed by atoms with Gasteiger partial charge in [-0.25, -0.2) is 0 Å². The summed E-state index contributed by atoms with van der Waals surface area (Å²) in [6, 6.07) is 10.6. The maximum atomic E-state index is 12.6. The summed E-state index contributed by atoms with van der Waals surface area (Å²) < 4.78 is 2.17. The van der Waals surface area contributed by atoms with E-state index < -0.39 is 5.91 Å². The van der Waals surface area contributed by atoms with E-state index in [1.165, 1.54) is 0 Å². The van der Waals surface area contributed by atoms with Crippen molar-refractivity contribution in [1.82, 2.24) is 9.47 Å². The highest BCUT2D eigenvalue weighted by Gasteiger charge is 2.27. The van der Waals surface area contributed by atoms with Gasteiger partial charge in [-0.2, -0.15) is 0 Å². The molecule has 5 heteroatoms. The second kappa shape index (κ2) is 5.09. The molecule has 1 aromatic heterocycles. The van der Waals surface area contributed by atoms with Crippen molar-refractivity contribution in [3.05, 3.63) is 59.4 Å². The number of amides is 2. The van der Waals surface area contributed by atoms with E-state index in [0.717, 1.165) is 12.2 Å². The molecular formula is C16H17N3O2. The maximum absolute atomic E-state index is 12.6. The molecule has 0 aliphatic carbocycles. The third-order valence-electron chi connectivity index (χ3n) is 4.02. The van der Waals surface area contributed by atoms with Crippen LogP contribution in [0.5, 0.6) is 0 Å². The number of hydrogen-bond acceptors (Lipinski definition) is 2. The maximum Gasteiger partial charge on any atom is 0.254 e. The molecule has 0 bridgehead atoms. The molecule has 1 aromatic carbocycles. The standard InChI is InChI=1S/C16H17N3O2/c1-11-14-3-2-8-18(14)9-10-19(11)16(21)13-6-4-12(5-7-13)15(17)20/h2-8,11H,9-10H2,1H3,(H2,17,20). The van der Waals surface area contributed by atoms with Gasteiger partial charge in [-0.1, -0.05) is 0 Å². The highest BCUT2D eigenvalue weighted by molar-refractivity contribution is 5.97. The van der Waals surface area contributed by atoms with E-state index in [1.807, 2.05) is 30.2 Å². The zero-order chi connectivity index (χ0) is 15.0. The Morgan fingerprint density at radius 1 is 1.10 bits per heavy atom. The van der Waals surface area contributed by atoms with Gasteiger partial charge >= 0.3 is 0 Å². The summed E-state index contributed by atoms with van der Waals surface area (Å²) in [4.78, 5) is 25.5. The Morgan fingerprint density at radius 3 is 2.43 bits per heavy atom. The van der Waals surface area contributed by atoms with Gasteiger partial charge in [0.05, 0.1) is 6.04 Å². The van der Waals surface area contributed by atoms with E-state index in [-0.39, 0.29) is 11.9 Å². The van der Waals surface area contributed by atoms with Gasteiger partial charge in [-0.05, 0) is 43.3 Å². The summed E-state index contributed by atoms with van der Waals surface area (Å²) in [5.41, 5.74) is 7.34. The van der Waals surface area contributed by atoms with Crippen molar-refractivity contribution in [3.63, 3.8) is 0 Å². The van der Waals surface area contributed by atoms with Crippen LogP contribution < -0.4 is 5.73 Å². The molecule has 0 fully saturated rings. The number of carbonyl (C=O) groups is 2. The zero-order valence-electron chi connectivity index (χ0n) is 11.8. The minimum absolute atomic E-state index is 0.0222. The van der Waals surface area contributed by atoms with Gasteiger partial charge in [-0.3, -0.25) is 9.59 Å². The van der Waals surface area contributed by atoms with Crippen LogP contribution in [0.25, 0.3) is 0 Å². The van der Waals surface area contributed by atoms with Crippen LogP contribution in [0.15, 0.2) is 42.6 Å².